The van der Waals surface area contributed by atoms with Crippen LogP contribution in [0.15, 0.2) is 12.3 Å². The molecule has 6 heteroatoms. The molecule has 0 atom stereocenters. The van der Waals surface area contributed by atoms with Crippen molar-refractivity contribution in [3.63, 3.8) is 0 Å². The van der Waals surface area contributed by atoms with Crippen molar-refractivity contribution in [1.29, 1.82) is 0 Å². The van der Waals surface area contributed by atoms with Crippen LogP contribution < -0.4 is 5.32 Å². The molecule has 0 amide bonds. The summed E-state index contributed by atoms with van der Waals surface area (Å²) in [6.45, 7) is 7.45. The molecule has 19 heavy (non-hydrogen) atoms. The molecular weight excluding hydrogens is 262 g/mol. The zero-order valence-electron chi connectivity index (χ0n) is 11.4. The highest BCUT2D eigenvalue weighted by Crippen LogP contribution is 2.14. The van der Waals surface area contributed by atoms with E-state index in [2.05, 4.69) is 27.3 Å². The van der Waals surface area contributed by atoms with Crippen molar-refractivity contribution in [2.24, 2.45) is 0 Å². The van der Waals surface area contributed by atoms with E-state index >= 15 is 0 Å². The number of anilines is 1. The molecule has 0 aliphatic heterocycles. The Balaban J connectivity index is 2.20. The lowest BCUT2D eigenvalue weighted by Gasteiger charge is -2.08. The summed E-state index contributed by atoms with van der Waals surface area (Å²) in [5.74, 6) is 1.60. The van der Waals surface area contributed by atoms with E-state index in [-0.39, 0.29) is 0 Å². The van der Waals surface area contributed by atoms with Crippen LogP contribution in [0.5, 0.6) is 0 Å². The number of aryl methyl sites for hydroxylation is 1. The maximum absolute atomic E-state index is 5.99. The van der Waals surface area contributed by atoms with Crippen molar-refractivity contribution in [1.82, 2.24) is 19.7 Å². The van der Waals surface area contributed by atoms with Gasteiger partial charge in [0.05, 0.1) is 16.9 Å². The maximum atomic E-state index is 5.99. The van der Waals surface area contributed by atoms with Crippen molar-refractivity contribution in [2.45, 2.75) is 33.7 Å². The van der Waals surface area contributed by atoms with Gasteiger partial charge in [0, 0.05) is 18.3 Å². The molecule has 0 saturated carbocycles. The third-order valence-electron chi connectivity index (χ3n) is 2.79. The second kappa shape index (κ2) is 6.02. The zero-order chi connectivity index (χ0) is 13.8. The summed E-state index contributed by atoms with van der Waals surface area (Å²) < 4.78 is 1.81. The Morgan fingerprint density at radius 1 is 1.32 bits per heavy atom. The molecule has 0 spiro atoms. The van der Waals surface area contributed by atoms with Gasteiger partial charge in [0.1, 0.15) is 12.4 Å². The van der Waals surface area contributed by atoms with Crippen molar-refractivity contribution >= 4 is 17.4 Å². The molecule has 0 bridgehead atoms. The lowest BCUT2D eigenvalue weighted by molar-refractivity contribution is 0.635. The molecular formula is C13H18ClN5. The summed E-state index contributed by atoms with van der Waals surface area (Å²) in [6, 6.07) is 1.95. The molecule has 5 nitrogen and oxygen atoms in total. The van der Waals surface area contributed by atoms with Gasteiger partial charge in [-0.05, 0) is 20.3 Å². The fourth-order valence-electron chi connectivity index (χ4n) is 1.76. The Bertz CT molecular complexity index is 564. The molecule has 0 radical (unpaired) electrons. The Hall–Kier alpha value is -1.62. The predicted molar refractivity (Wildman–Crippen MR) is 76.6 cm³/mol. The Morgan fingerprint density at radius 2 is 2.11 bits per heavy atom. The quantitative estimate of drug-likeness (QED) is 0.914. The SMILES string of the molecule is CCCNc1cc(C)nc(Cn2ncc(Cl)c2C)n1. The van der Waals surface area contributed by atoms with Gasteiger partial charge in [-0.3, -0.25) is 4.68 Å². The van der Waals surface area contributed by atoms with Crippen LogP contribution in [-0.2, 0) is 6.54 Å². The molecule has 0 aromatic carbocycles. The average molecular weight is 280 g/mol. The minimum absolute atomic E-state index is 0.529. The lowest BCUT2D eigenvalue weighted by Crippen LogP contribution is -2.11. The van der Waals surface area contributed by atoms with Gasteiger partial charge in [-0.1, -0.05) is 18.5 Å². The van der Waals surface area contributed by atoms with Crippen molar-refractivity contribution in [3.8, 4) is 0 Å². The van der Waals surface area contributed by atoms with Crippen molar-refractivity contribution in [2.75, 3.05) is 11.9 Å². The summed E-state index contributed by atoms with van der Waals surface area (Å²) in [5, 5.41) is 8.15. The molecule has 2 rings (SSSR count). The fourth-order valence-corrected chi connectivity index (χ4v) is 1.90. The smallest absolute Gasteiger partial charge is 0.152 e. The Labute approximate surface area is 118 Å². The van der Waals surface area contributed by atoms with E-state index in [1.54, 1.807) is 10.9 Å². The van der Waals surface area contributed by atoms with E-state index in [0.717, 1.165) is 36.0 Å². The largest absolute Gasteiger partial charge is 0.370 e. The molecule has 0 aliphatic carbocycles. The van der Waals surface area contributed by atoms with Crippen LogP contribution in [-0.4, -0.2) is 26.3 Å². The highest BCUT2D eigenvalue weighted by molar-refractivity contribution is 6.31. The monoisotopic (exact) mass is 279 g/mol. The Kier molecular flexibility index (Phi) is 4.37. The van der Waals surface area contributed by atoms with Crippen LogP contribution in [0.25, 0.3) is 0 Å². The first-order chi connectivity index (χ1) is 9.10. The highest BCUT2D eigenvalue weighted by atomic mass is 35.5. The summed E-state index contributed by atoms with van der Waals surface area (Å²) in [6.07, 6.45) is 2.70. The highest BCUT2D eigenvalue weighted by Gasteiger charge is 2.08. The van der Waals surface area contributed by atoms with Crippen LogP contribution in [0.3, 0.4) is 0 Å². The van der Waals surface area contributed by atoms with Gasteiger partial charge in [0.2, 0.25) is 0 Å². The van der Waals surface area contributed by atoms with E-state index < -0.39 is 0 Å². The van der Waals surface area contributed by atoms with E-state index in [9.17, 15) is 0 Å². The van der Waals surface area contributed by atoms with Crippen LogP contribution in [0.2, 0.25) is 5.02 Å². The standard InChI is InChI=1S/C13H18ClN5/c1-4-5-15-12-6-9(2)17-13(18-12)8-19-10(3)11(14)7-16-19/h6-7H,4-5,8H2,1-3H3,(H,15,17,18). The van der Waals surface area contributed by atoms with Crippen molar-refractivity contribution in [3.05, 3.63) is 34.5 Å². The number of aromatic nitrogens is 4. The molecule has 2 aromatic heterocycles. The van der Waals surface area contributed by atoms with Crippen LogP contribution >= 0.6 is 11.6 Å². The Morgan fingerprint density at radius 3 is 2.74 bits per heavy atom. The number of halogens is 1. The normalized spacial score (nSPS) is 10.7. The fraction of sp³-hybridized carbons (Fsp3) is 0.462. The number of rotatable bonds is 5. The molecule has 1 N–H and O–H groups in total. The first kappa shape index (κ1) is 13.8. The van der Waals surface area contributed by atoms with E-state index in [1.807, 2.05) is 19.9 Å². The van der Waals surface area contributed by atoms with Gasteiger partial charge in [0.15, 0.2) is 5.82 Å². The zero-order valence-corrected chi connectivity index (χ0v) is 12.2. The molecule has 0 fully saturated rings. The van der Waals surface area contributed by atoms with Gasteiger partial charge in [-0.25, -0.2) is 9.97 Å². The van der Waals surface area contributed by atoms with Crippen LogP contribution in [0.1, 0.15) is 30.6 Å². The number of nitrogens with zero attached hydrogens (tertiary/aromatic N) is 4. The molecule has 2 heterocycles. The third-order valence-corrected chi connectivity index (χ3v) is 3.16. The van der Waals surface area contributed by atoms with Crippen LogP contribution in [0.4, 0.5) is 5.82 Å². The minimum Gasteiger partial charge on any atom is -0.370 e. The van der Waals surface area contributed by atoms with Crippen molar-refractivity contribution < 1.29 is 0 Å². The maximum Gasteiger partial charge on any atom is 0.152 e. The molecule has 102 valence electrons. The summed E-state index contributed by atoms with van der Waals surface area (Å²) >= 11 is 5.99. The summed E-state index contributed by atoms with van der Waals surface area (Å²) in [7, 11) is 0. The molecule has 0 saturated heterocycles. The number of hydrogen-bond donors (Lipinski definition) is 1. The second-order valence-electron chi connectivity index (χ2n) is 4.47. The van der Waals surface area contributed by atoms with E-state index in [1.165, 1.54) is 0 Å². The van der Waals surface area contributed by atoms with Gasteiger partial charge < -0.3 is 5.32 Å². The minimum atomic E-state index is 0.529. The number of nitrogens with one attached hydrogen (secondary N) is 1. The average Bonchev–Trinajstić information content (AvgIpc) is 2.68. The third kappa shape index (κ3) is 3.44. The van der Waals surface area contributed by atoms with Gasteiger partial charge >= 0.3 is 0 Å². The van der Waals surface area contributed by atoms with Gasteiger partial charge in [0.25, 0.3) is 0 Å². The second-order valence-corrected chi connectivity index (χ2v) is 4.88. The van der Waals surface area contributed by atoms with Gasteiger partial charge in [-0.15, -0.1) is 0 Å². The molecule has 0 unspecified atom stereocenters. The summed E-state index contributed by atoms with van der Waals surface area (Å²) in [5.41, 5.74) is 1.87. The topological polar surface area (TPSA) is 55.6 Å². The number of hydrogen-bond acceptors (Lipinski definition) is 4. The summed E-state index contributed by atoms with van der Waals surface area (Å²) in [4.78, 5) is 8.92. The molecule has 0 aliphatic rings. The van der Waals surface area contributed by atoms with Gasteiger partial charge in [-0.2, -0.15) is 5.10 Å². The lowest BCUT2D eigenvalue weighted by atomic mass is 10.4. The first-order valence-corrected chi connectivity index (χ1v) is 6.74. The first-order valence-electron chi connectivity index (χ1n) is 6.36. The van der Waals surface area contributed by atoms with E-state index in [0.29, 0.717) is 11.6 Å². The van der Waals surface area contributed by atoms with Crippen LogP contribution in [0, 0.1) is 13.8 Å². The predicted octanol–water partition coefficient (Wildman–Crippen LogP) is 2.81. The van der Waals surface area contributed by atoms with E-state index in [4.69, 9.17) is 11.6 Å². The molecule has 2 aromatic rings.